The SMILES string of the molecule is C=CS/C(=C\C)c1ccc(C=N)c(/C=C/CN(C)C2CCC2)c1. The van der Waals surface area contributed by atoms with Crippen molar-refractivity contribution in [3.8, 4) is 0 Å². The second kappa shape index (κ2) is 8.90. The van der Waals surface area contributed by atoms with Crippen LogP contribution in [0.1, 0.15) is 42.9 Å². The summed E-state index contributed by atoms with van der Waals surface area (Å²) in [5.41, 5.74) is 3.23. The molecule has 1 fully saturated rings. The van der Waals surface area contributed by atoms with Crippen molar-refractivity contribution in [2.24, 2.45) is 0 Å². The van der Waals surface area contributed by atoms with Crippen LogP contribution in [0.15, 0.2) is 42.3 Å². The van der Waals surface area contributed by atoms with Crippen molar-refractivity contribution in [3.05, 3.63) is 59.0 Å². The Morgan fingerprint density at radius 2 is 2.17 bits per heavy atom. The molecule has 1 aromatic rings. The summed E-state index contributed by atoms with van der Waals surface area (Å²) in [6.45, 7) is 6.80. The third-order valence-electron chi connectivity index (χ3n) is 4.39. The third kappa shape index (κ3) is 4.69. The van der Waals surface area contributed by atoms with E-state index in [4.69, 9.17) is 5.41 Å². The molecule has 23 heavy (non-hydrogen) atoms. The van der Waals surface area contributed by atoms with Crippen LogP contribution in [0.25, 0.3) is 11.0 Å². The molecule has 0 atom stereocenters. The maximum Gasteiger partial charge on any atom is 0.0256 e. The van der Waals surface area contributed by atoms with Crippen LogP contribution in [0.4, 0.5) is 0 Å². The van der Waals surface area contributed by atoms with Gasteiger partial charge in [-0.15, -0.1) is 0 Å². The summed E-state index contributed by atoms with van der Waals surface area (Å²) >= 11 is 1.63. The number of likely N-dealkylation sites (N-methyl/N-ethyl adjacent to an activating group) is 1. The molecule has 1 aliphatic carbocycles. The molecule has 2 nitrogen and oxygen atoms in total. The van der Waals surface area contributed by atoms with Gasteiger partial charge in [-0.25, -0.2) is 0 Å². The minimum absolute atomic E-state index is 0.756. The average molecular weight is 327 g/mol. The first-order valence-corrected chi connectivity index (χ1v) is 9.03. The predicted octanol–water partition coefficient (Wildman–Crippen LogP) is 5.42. The summed E-state index contributed by atoms with van der Waals surface area (Å²) in [5, 5.41) is 9.46. The lowest BCUT2D eigenvalue weighted by Crippen LogP contribution is -2.37. The van der Waals surface area contributed by atoms with Gasteiger partial charge < -0.3 is 5.41 Å². The average Bonchev–Trinajstić information content (AvgIpc) is 2.51. The maximum absolute atomic E-state index is 7.61. The molecule has 0 heterocycles. The maximum atomic E-state index is 7.61. The van der Waals surface area contributed by atoms with E-state index >= 15 is 0 Å². The number of allylic oxidation sites excluding steroid dienone is 1. The Morgan fingerprint density at radius 1 is 1.39 bits per heavy atom. The van der Waals surface area contributed by atoms with Crippen LogP contribution in [0.2, 0.25) is 0 Å². The summed E-state index contributed by atoms with van der Waals surface area (Å²) in [7, 11) is 2.20. The predicted molar refractivity (Wildman–Crippen MR) is 105 cm³/mol. The number of rotatable bonds is 8. The van der Waals surface area contributed by atoms with Gasteiger partial charge in [0.25, 0.3) is 0 Å². The highest BCUT2D eigenvalue weighted by atomic mass is 32.2. The molecule has 0 amide bonds. The van der Waals surface area contributed by atoms with E-state index in [1.165, 1.54) is 35.9 Å². The molecule has 0 radical (unpaired) electrons. The number of benzene rings is 1. The van der Waals surface area contributed by atoms with Gasteiger partial charge in [0.05, 0.1) is 0 Å². The lowest BCUT2D eigenvalue weighted by molar-refractivity contribution is 0.175. The summed E-state index contributed by atoms with van der Waals surface area (Å²) in [4.78, 5) is 3.61. The normalized spacial score (nSPS) is 15.9. The Labute approximate surface area is 144 Å². The van der Waals surface area contributed by atoms with Crippen LogP contribution in [0.3, 0.4) is 0 Å². The van der Waals surface area contributed by atoms with Crippen LogP contribution >= 0.6 is 11.8 Å². The van der Waals surface area contributed by atoms with Gasteiger partial charge >= 0.3 is 0 Å². The molecule has 2 rings (SSSR count). The molecule has 122 valence electrons. The fourth-order valence-corrected chi connectivity index (χ4v) is 3.30. The highest BCUT2D eigenvalue weighted by Crippen LogP contribution is 2.29. The minimum Gasteiger partial charge on any atom is -0.308 e. The molecule has 0 unspecified atom stereocenters. The Kier molecular flexibility index (Phi) is 6.87. The van der Waals surface area contributed by atoms with Gasteiger partial charge in [0.1, 0.15) is 0 Å². The number of hydrogen-bond acceptors (Lipinski definition) is 3. The Morgan fingerprint density at radius 3 is 2.74 bits per heavy atom. The Bertz CT molecular complexity index is 612. The van der Waals surface area contributed by atoms with Crippen molar-refractivity contribution in [1.29, 1.82) is 5.41 Å². The second-order valence-corrected chi connectivity index (χ2v) is 6.86. The van der Waals surface area contributed by atoms with Crippen molar-refractivity contribution < 1.29 is 0 Å². The summed E-state index contributed by atoms with van der Waals surface area (Å²) < 4.78 is 0. The first kappa shape index (κ1) is 17.8. The van der Waals surface area contributed by atoms with Crippen molar-refractivity contribution in [1.82, 2.24) is 4.90 Å². The van der Waals surface area contributed by atoms with Gasteiger partial charge in [-0.3, -0.25) is 4.90 Å². The zero-order chi connectivity index (χ0) is 16.7. The third-order valence-corrected chi connectivity index (χ3v) is 5.28. The van der Waals surface area contributed by atoms with Gasteiger partial charge in [-0.05, 0) is 55.0 Å². The van der Waals surface area contributed by atoms with Gasteiger partial charge in [-0.2, -0.15) is 0 Å². The lowest BCUT2D eigenvalue weighted by atomic mass is 9.92. The Hall–Kier alpha value is -1.58. The largest absolute Gasteiger partial charge is 0.308 e. The quantitative estimate of drug-likeness (QED) is 0.646. The highest BCUT2D eigenvalue weighted by molar-refractivity contribution is 8.10. The fourth-order valence-electron chi connectivity index (χ4n) is 2.72. The van der Waals surface area contributed by atoms with Crippen molar-refractivity contribution in [2.45, 2.75) is 32.2 Å². The number of thioether (sulfide) groups is 1. The van der Waals surface area contributed by atoms with Crippen LogP contribution in [-0.2, 0) is 0 Å². The first-order chi connectivity index (χ1) is 11.2. The molecule has 1 aromatic carbocycles. The van der Waals surface area contributed by atoms with E-state index < -0.39 is 0 Å². The number of nitrogens with zero attached hydrogens (tertiary/aromatic N) is 1. The first-order valence-electron chi connectivity index (χ1n) is 8.15. The van der Waals surface area contributed by atoms with Crippen LogP contribution in [0.5, 0.6) is 0 Å². The van der Waals surface area contributed by atoms with Gasteiger partial charge in [0.2, 0.25) is 0 Å². The molecule has 0 saturated heterocycles. The molecule has 3 heteroatoms. The smallest absolute Gasteiger partial charge is 0.0256 e. The highest BCUT2D eigenvalue weighted by Gasteiger charge is 2.20. The summed E-state index contributed by atoms with van der Waals surface area (Å²) in [6.07, 6.45) is 11.9. The molecule has 1 aliphatic rings. The minimum atomic E-state index is 0.756. The lowest BCUT2D eigenvalue weighted by Gasteiger charge is -2.33. The van der Waals surface area contributed by atoms with Crippen molar-refractivity contribution >= 4 is 29.0 Å². The molecular weight excluding hydrogens is 300 g/mol. The van der Waals surface area contributed by atoms with E-state index in [1.807, 2.05) is 18.4 Å². The standard InChI is InChI=1S/C20H26N2S/c1-4-20(23-5-2)17-11-12-18(15-21)16(14-17)8-7-13-22(3)19-9-6-10-19/h4-5,7-8,11-12,14-15,19,21H,2,6,9-10,13H2,1,3H3/b8-7+,20-4-,21-15?. The van der Waals surface area contributed by atoms with E-state index in [-0.39, 0.29) is 0 Å². The summed E-state index contributed by atoms with van der Waals surface area (Å²) in [6, 6.07) is 7.01. The van der Waals surface area contributed by atoms with Crippen LogP contribution in [-0.4, -0.2) is 30.7 Å². The second-order valence-electron chi connectivity index (χ2n) is 5.85. The molecule has 0 aromatic heterocycles. The van der Waals surface area contributed by atoms with E-state index in [0.29, 0.717) is 0 Å². The molecule has 1 saturated carbocycles. The van der Waals surface area contributed by atoms with E-state index in [0.717, 1.165) is 23.7 Å². The van der Waals surface area contributed by atoms with Crippen LogP contribution < -0.4 is 0 Å². The molecule has 0 bridgehead atoms. The fraction of sp³-hybridized carbons (Fsp3) is 0.350. The van der Waals surface area contributed by atoms with E-state index in [9.17, 15) is 0 Å². The van der Waals surface area contributed by atoms with E-state index in [2.05, 4.69) is 48.9 Å². The van der Waals surface area contributed by atoms with Gasteiger partial charge in [0.15, 0.2) is 0 Å². The number of nitrogens with one attached hydrogen (secondary N) is 1. The topological polar surface area (TPSA) is 27.1 Å². The van der Waals surface area contributed by atoms with Crippen molar-refractivity contribution in [3.63, 3.8) is 0 Å². The summed E-state index contributed by atoms with van der Waals surface area (Å²) in [5.74, 6) is 0. The zero-order valence-electron chi connectivity index (χ0n) is 14.1. The van der Waals surface area contributed by atoms with Gasteiger partial charge in [-0.1, -0.05) is 55.1 Å². The Balaban J connectivity index is 2.14. The molecule has 1 N–H and O–H groups in total. The monoisotopic (exact) mass is 326 g/mol. The van der Waals surface area contributed by atoms with E-state index in [1.54, 1.807) is 11.8 Å². The molecular formula is C20H26N2S. The van der Waals surface area contributed by atoms with Crippen LogP contribution in [0, 0.1) is 5.41 Å². The van der Waals surface area contributed by atoms with Crippen molar-refractivity contribution in [2.75, 3.05) is 13.6 Å². The zero-order valence-corrected chi connectivity index (χ0v) is 14.9. The molecule has 0 aliphatic heterocycles. The van der Waals surface area contributed by atoms with Gasteiger partial charge in [0, 0.05) is 23.7 Å². The molecule has 0 spiro atoms. The number of hydrogen-bond donors (Lipinski definition) is 1.